The van der Waals surface area contributed by atoms with Crippen molar-refractivity contribution < 1.29 is 29.8 Å². The number of rotatable bonds is 6. The van der Waals surface area contributed by atoms with Gasteiger partial charge in [0.2, 0.25) is 0 Å². The van der Waals surface area contributed by atoms with Gasteiger partial charge in [-0.15, -0.1) is 0 Å². The van der Waals surface area contributed by atoms with Crippen molar-refractivity contribution in [3.05, 3.63) is 91.2 Å². The Labute approximate surface area is 238 Å². The van der Waals surface area contributed by atoms with Crippen LogP contribution in [0.2, 0.25) is 0 Å². The van der Waals surface area contributed by atoms with Crippen LogP contribution in [0.5, 0.6) is 11.5 Å². The van der Waals surface area contributed by atoms with Gasteiger partial charge in [0.15, 0.2) is 22.4 Å². The highest BCUT2D eigenvalue weighted by molar-refractivity contribution is 6.44. The lowest BCUT2D eigenvalue weighted by molar-refractivity contribution is -0.177. The molecule has 42 heavy (non-hydrogen) atoms. The maximum absolute atomic E-state index is 14.2. The number of hydrogen-bond acceptors (Lipinski definition) is 8. The van der Waals surface area contributed by atoms with Crippen molar-refractivity contribution in [2.75, 3.05) is 14.2 Å². The van der Waals surface area contributed by atoms with Crippen LogP contribution in [-0.2, 0) is 23.0 Å². The van der Waals surface area contributed by atoms with Crippen molar-refractivity contribution >= 4 is 64.6 Å². The molecule has 0 unspecified atom stereocenters. The molecule has 0 saturated heterocycles. The highest BCUT2D eigenvalue weighted by Crippen LogP contribution is 2.51. The fourth-order valence-corrected chi connectivity index (χ4v) is 6.68. The molecule has 0 aliphatic rings. The number of aliphatic hydroxyl groups is 2. The SMILES string of the molecule is COOc1cc(CO)c2c(=O)c3ccc(C)cc3c3c2c1c1c(OOC)cc(CO)c2c(=O)c4ccc(C)cc4c3c21. The summed E-state index contributed by atoms with van der Waals surface area (Å²) < 4.78 is 0. The van der Waals surface area contributed by atoms with E-state index in [1.165, 1.54) is 14.2 Å². The van der Waals surface area contributed by atoms with Gasteiger partial charge in [-0.05, 0) is 58.7 Å². The van der Waals surface area contributed by atoms with E-state index in [1.54, 1.807) is 24.3 Å². The normalized spacial score (nSPS) is 12.1. The van der Waals surface area contributed by atoms with Gasteiger partial charge in [0.05, 0.1) is 27.4 Å². The van der Waals surface area contributed by atoms with Gasteiger partial charge in [0.1, 0.15) is 0 Å². The zero-order valence-corrected chi connectivity index (χ0v) is 23.4. The van der Waals surface area contributed by atoms with E-state index < -0.39 is 13.2 Å². The van der Waals surface area contributed by atoms with Gasteiger partial charge in [-0.2, -0.15) is 9.78 Å². The molecule has 0 fully saturated rings. The summed E-state index contributed by atoms with van der Waals surface area (Å²) in [6, 6.07) is 14.4. The average molecular weight is 563 g/mol. The summed E-state index contributed by atoms with van der Waals surface area (Å²) in [5.41, 5.74) is 2.16. The Bertz CT molecular complexity index is 2190. The van der Waals surface area contributed by atoms with E-state index in [0.29, 0.717) is 65.0 Å². The predicted octanol–water partition coefficient (Wildman–Crippen LogP) is 5.68. The fourth-order valence-electron chi connectivity index (χ4n) is 6.68. The Balaban J connectivity index is 2.03. The minimum absolute atomic E-state index is 0.225. The van der Waals surface area contributed by atoms with Crippen LogP contribution in [-0.4, -0.2) is 24.4 Å². The van der Waals surface area contributed by atoms with Crippen molar-refractivity contribution in [1.82, 2.24) is 0 Å². The first-order chi connectivity index (χ1) is 20.3. The molecule has 0 spiro atoms. The number of hydrogen-bond donors (Lipinski definition) is 2. The van der Waals surface area contributed by atoms with E-state index >= 15 is 0 Å². The Morgan fingerprint density at radius 3 is 1.29 bits per heavy atom. The summed E-state index contributed by atoms with van der Waals surface area (Å²) >= 11 is 0. The number of benzene rings is 7. The molecule has 0 amide bonds. The molecule has 0 aliphatic heterocycles. The van der Waals surface area contributed by atoms with E-state index in [4.69, 9.17) is 19.6 Å². The van der Waals surface area contributed by atoms with E-state index in [2.05, 4.69) is 0 Å². The molecule has 7 aromatic carbocycles. The molecule has 8 heteroatoms. The van der Waals surface area contributed by atoms with Gasteiger partial charge >= 0.3 is 0 Å². The summed E-state index contributed by atoms with van der Waals surface area (Å²) in [4.78, 5) is 50.0. The number of aliphatic hydroxyl groups excluding tert-OH is 2. The van der Waals surface area contributed by atoms with Crippen LogP contribution in [0.25, 0.3) is 64.6 Å². The van der Waals surface area contributed by atoms with Crippen LogP contribution in [0.15, 0.2) is 58.1 Å². The largest absolute Gasteiger partial charge is 0.392 e. The van der Waals surface area contributed by atoms with Gasteiger partial charge in [-0.25, -0.2) is 0 Å². The fraction of sp³-hybridized carbons (Fsp3) is 0.176. The van der Waals surface area contributed by atoms with Crippen molar-refractivity contribution in [2.45, 2.75) is 27.1 Å². The van der Waals surface area contributed by atoms with Crippen molar-refractivity contribution in [1.29, 1.82) is 0 Å². The highest BCUT2D eigenvalue weighted by Gasteiger charge is 2.29. The topological polar surface area (TPSA) is 112 Å². The molecule has 0 atom stereocenters. The monoisotopic (exact) mass is 562 g/mol. The molecular weight excluding hydrogens is 536 g/mol. The average Bonchev–Trinajstić information content (AvgIpc) is 2.98. The quantitative estimate of drug-likeness (QED) is 0.115. The van der Waals surface area contributed by atoms with Gasteiger partial charge in [-0.1, -0.05) is 47.5 Å². The maximum Gasteiger partial charge on any atom is 0.194 e. The zero-order valence-electron chi connectivity index (χ0n) is 23.4. The first-order valence-electron chi connectivity index (χ1n) is 13.4. The van der Waals surface area contributed by atoms with Gasteiger partial charge < -0.3 is 20.0 Å². The summed E-state index contributed by atoms with van der Waals surface area (Å²) in [5, 5.41) is 27.5. The van der Waals surface area contributed by atoms with Crippen LogP contribution < -0.4 is 20.6 Å². The molecule has 0 saturated carbocycles. The molecule has 0 radical (unpaired) electrons. The molecular formula is C34H26O8. The first kappa shape index (κ1) is 26.3. The Hall–Kier alpha value is -4.60. The van der Waals surface area contributed by atoms with E-state index in [9.17, 15) is 19.8 Å². The molecule has 0 bridgehead atoms. The van der Waals surface area contributed by atoms with Crippen molar-refractivity contribution in [3.63, 3.8) is 0 Å². The summed E-state index contributed by atoms with van der Waals surface area (Å²) in [6.07, 6.45) is 0. The van der Waals surface area contributed by atoms with Crippen LogP contribution >= 0.6 is 0 Å². The van der Waals surface area contributed by atoms with Crippen LogP contribution in [0.4, 0.5) is 0 Å². The second kappa shape index (κ2) is 9.47. The van der Waals surface area contributed by atoms with E-state index in [0.717, 1.165) is 21.9 Å². The van der Waals surface area contributed by atoms with Gasteiger partial charge in [0.25, 0.3) is 0 Å². The third-order valence-corrected chi connectivity index (χ3v) is 8.26. The van der Waals surface area contributed by atoms with Gasteiger partial charge in [-0.3, -0.25) is 9.59 Å². The maximum atomic E-state index is 14.2. The lowest BCUT2D eigenvalue weighted by Crippen LogP contribution is -2.11. The predicted molar refractivity (Wildman–Crippen MR) is 163 cm³/mol. The van der Waals surface area contributed by atoms with E-state index in [1.807, 2.05) is 38.1 Å². The lowest BCUT2D eigenvalue weighted by atomic mass is 9.81. The molecule has 0 aliphatic carbocycles. The molecule has 210 valence electrons. The second-order valence-electron chi connectivity index (χ2n) is 10.6. The summed E-state index contributed by atoms with van der Waals surface area (Å²) in [6.45, 7) is 3.06. The zero-order chi connectivity index (χ0) is 29.4. The highest BCUT2D eigenvalue weighted by atomic mass is 17.2. The second-order valence-corrected chi connectivity index (χ2v) is 10.6. The minimum atomic E-state index is -0.421. The smallest absolute Gasteiger partial charge is 0.194 e. The Morgan fingerprint density at radius 2 is 0.929 bits per heavy atom. The third kappa shape index (κ3) is 3.38. The number of fused-ring (bicyclic) bond motifs is 6. The van der Waals surface area contributed by atoms with Crippen LogP contribution in [0, 0.1) is 13.8 Å². The molecule has 0 aromatic heterocycles. The molecule has 8 nitrogen and oxygen atoms in total. The van der Waals surface area contributed by atoms with Crippen molar-refractivity contribution in [3.8, 4) is 11.5 Å². The van der Waals surface area contributed by atoms with Crippen LogP contribution in [0.3, 0.4) is 0 Å². The molecule has 2 N–H and O–H groups in total. The van der Waals surface area contributed by atoms with Crippen molar-refractivity contribution in [2.24, 2.45) is 0 Å². The summed E-state index contributed by atoms with van der Waals surface area (Å²) in [7, 11) is 2.72. The van der Waals surface area contributed by atoms with E-state index in [-0.39, 0.29) is 22.4 Å². The lowest BCUT2D eigenvalue weighted by Gasteiger charge is -2.22. The third-order valence-electron chi connectivity index (χ3n) is 8.26. The first-order valence-corrected chi connectivity index (χ1v) is 13.4. The molecule has 0 heterocycles. The molecule has 7 aromatic rings. The molecule has 7 rings (SSSR count). The van der Waals surface area contributed by atoms with Crippen LogP contribution in [0.1, 0.15) is 22.3 Å². The Kier molecular flexibility index (Phi) is 5.93. The standard InChI is InChI=1S/C34H26O8/c1-15-5-7-19-21(9-15)27-28-22-10-16(2)6-8-20(22)34(38)26-18(14-36)12-24(42-40-4)30(32(26)28)29-23(41-39-3)11-17(13-35)25(31(27)29)33(19)37/h5-12,35-36H,13-14H2,1-4H3. The minimum Gasteiger partial charge on any atom is -0.392 e. The summed E-state index contributed by atoms with van der Waals surface area (Å²) in [5.74, 6) is 0.450. The number of aryl methyl sites for hydroxylation is 2. The Morgan fingerprint density at radius 1 is 0.524 bits per heavy atom. The van der Waals surface area contributed by atoms with Gasteiger partial charge in [0, 0.05) is 43.1 Å².